The molecule has 0 saturated carbocycles. The molecule has 0 N–H and O–H groups in total. The zero-order valence-corrected chi connectivity index (χ0v) is 7.64. The van der Waals surface area contributed by atoms with Gasteiger partial charge >= 0.3 is 0 Å². The van der Waals surface area contributed by atoms with Crippen LogP contribution in [0.3, 0.4) is 0 Å². The summed E-state index contributed by atoms with van der Waals surface area (Å²) in [5.41, 5.74) is -0.671. The molecule has 1 unspecified atom stereocenters. The maximum absolute atomic E-state index is 13.1. The first-order valence-electron chi connectivity index (χ1n) is 4.08. The minimum atomic E-state index is -2.14. The maximum atomic E-state index is 13.1. The molecule has 5 heteroatoms. The topological polar surface area (TPSA) is 9.23 Å². The molecule has 0 radical (unpaired) electrons. The molecule has 0 saturated heterocycles. The second kappa shape index (κ2) is 4.93. The Kier molecular flexibility index (Phi) is 3.85. The smallest absolute Gasteiger partial charge is 0.228 e. The van der Waals surface area contributed by atoms with Crippen LogP contribution >= 0.6 is 0 Å². The van der Waals surface area contributed by atoms with E-state index in [9.17, 15) is 17.6 Å². The lowest BCUT2D eigenvalue weighted by Gasteiger charge is -2.09. The van der Waals surface area contributed by atoms with Gasteiger partial charge in [-0.15, -0.1) is 6.58 Å². The van der Waals surface area contributed by atoms with Gasteiger partial charge in [-0.25, -0.2) is 17.6 Å². The molecule has 82 valence electrons. The van der Waals surface area contributed by atoms with E-state index in [0.29, 0.717) is 6.07 Å². The van der Waals surface area contributed by atoms with Crippen molar-refractivity contribution < 1.29 is 22.3 Å². The lowest BCUT2D eigenvalue weighted by molar-refractivity contribution is -0.0294. The van der Waals surface area contributed by atoms with Crippen molar-refractivity contribution in [3.63, 3.8) is 0 Å². The number of hydrogen-bond donors (Lipinski definition) is 0. The zero-order valence-electron chi connectivity index (χ0n) is 7.64. The van der Waals surface area contributed by atoms with E-state index >= 15 is 0 Å². The molecule has 0 heterocycles. The molecule has 1 atom stereocenters. The summed E-state index contributed by atoms with van der Waals surface area (Å²) in [6.45, 7) is 3.11. The molecule has 1 aromatic carbocycles. The van der Waals surface area contributed by atoms with E-state index in [2.05, 4.69) is 11.3 Å². The summed E-state index contributed by atoms with van der Waals surface area (Å²) in [5, 5.41) is 0. The molecule has 1 nitrogen and oxygen atoms in total. The molecule has 1 aromatic rings. The van der Waals surface area contributed by atoms with Gasteiger partial charge in [-0.3, -0.25) is 0 Å². The van der Waals surface area contributed by atoms with Crippen LogP contribution < -0.4 is 0 Å². The second-order valence-corrected chi connectivity index (χ2v) is 2.70. The summed E-state index contributed by atoms with van der Waals surface area (Å²) >= 11 is 0. The minimum Gasteiger partial charge on any atom is -0.340 e. The average molecular weight is 220 g/mol. The summed E-state index contributed by atoms with van der Waals surface area (Å²) in [6, 6.07) is 1.43. The highest BCUT2D eigenvalue weighted by molar-refractivity contribution is 5.21. The van der Waals surface area contributed by atoms with Gasteiger partial charge in [0.2, 0.25) is 6.36 Å². The third kappa shape index (κ3) is 2.56. The largest absolute Gasteiger partial charge is 0.340 e. The Balaban J connectivity index is 2.94. The number of hydrogen-bond acceptors (Lipinski definition) is 1. The highest BCUT2D eigenvalue weighted by Gasteiger charge is 2.20. The van der Waals surface area contributed by atoms with E-state index < -0.39 is 29.4 Å². The molecule has 0 fully saturated rings. The highest BCUT2D eigenvalue weighted by atomic mass is 19.2. The van der Waals surface area contributed by atoms with Crippen LogP contribution in [0.4, 0.5) is 17.6 Å². The summed E-state index contributed by atoms with van der Waals surface area (Å²) in [7, 11) is 0. The van der Waals surface area contributed by atoms with E-state index in [1.807, 2.05) is 0 Å². The van der Waals surface area contributed by atoms with Crippen molar-refractivity contribution in [1.82, 2.24) is 0 Å². The van der Waals surface area contributed by atoms with Gasteiger partial charge in [-0.1, -0.05) is 6.08 Å². The Hall–Kier alpha value is -1.36. The molecule has 0 bridgehead atoms. The molecule has 0 spiro atoms. The van der Waals surface area contributed by atoms with Crippen LogP contribution in [0, 0.1) is 17.5 Å². The fourth-order valence-corrected chi connectivity index (χ4v) is 0.958. The van der Waals surface area contributed by atoms with E-state index in [0.717, 1.165) is 6.07 Å². The van der Waals surface area contributed by atoms with Crippen molar-refractivity contribution in [3.8, 4) is 0 Å². The van der Waals surface area contributed by atoms with Crippen LogP contribution in [-0.2, 0) is 4.74 Å². The lowest BCUT2D eigenvalue weighted by atomic mass is 10.2. The summed E-state index contributed by atoms with van der Waals surface area (Å²) in [5.74, 6) is -4.66. The first kappa shape index (κ1) is 11.7. The Bertz CT molecular complexity index is 365. The van der Waals surface area contributed by atoms with Gasteiger partial charge < -0.3 is 4.74 Å². The van der Waals surface area contributed by atoms with E-state index in [4.69, 9.17) is 0 Å². The van der Waals surface area contributed by atoms with Gasteiger partial charge in [0.15, 0.2) is 17.5 Å². The van der Waals surface area contributed by atoms with E-state index in [1.165, 1.54) is 6.08 Å². The molecular weight excluding hydrogens is 212 g/mol. The third-order valence-corrected chi connectivity index (χ3v) is 1.67. The molecule has 1 rings (SSSR count). The Morgan fingerprint density at radius 2 is 1.93 bits per heavy atom. The lowest BCUT2D eigenvalue weighted by Crippen LogP contribution is -2.04. The van der Waals surface area contributed by atoms with Gasteiger partial charge in [0.05, 0.1) is 12.2 Å². The first-order chi connectivity index (χ1) is 7.07. The quantitative estimate of drug-likeness (QED) is 0.430. The summed E-state index contributed by atoms with van der Waals surface area (Å²) in [6.07, 6.45) is -0.886. The number of alkyl halides is 1. The van der Waals surface area contributed by atoms with Gasteiger partial charge in [0.25, 0.3) is 0 Å². The fourth-order valence-electron chi connectivity index (χ4n) is 0.958. The molecule has 0 aliphatic heterocycles. The van der Waals surface area contributed by atoms with Crippen molar-refractivity contribution in [3.05, 3.63) is 47.8 Å². The molecule has 0 amide bonds. The van der Waals surface area contributed by atoms with Crippen LogP contribution in [0.1, 0.15) is 11.9 Å². The van der Waals surface area contributed by atoms with Crippen LogP contribution in [0.5, 0.6) is 0 Å². The number of benzene rings is 1. The highest BCUT2D eigenvalue weighted by Crippen LogP contribution is 2.24. The van der Waals surface area contributed by atoms with Gasteiger partial charge in [-0.2, -0.15) is 0 Å². The number of rotatable bonds is 4. The average Bonchev–Trinajstić information content (AvgIpc) is 2.23. The van der Waals surface area contributed by atoms with Crippen LogP contribution in [-0.4, -0.2) is 6.61 Å². The maximum Gasteiger partial charge on any atom is 0.228 e. The van der Waals surface area contributed by atoms with E-state index in [1.54, 1.807) is 0 Å². The monoisotopic (exact) mass is 220 g/mol. The molecule has 0 aromatic heterocycles. The predicted octanol–water partition coefficient (Wildman–Crippen LogP) is 3.27. The van der Waals surface area contributed by atoms with Crippen molar-refractivity contribution in [1.29, 1.82) is 0 Å². The van der Waals surface area contributed by atoms with Crippen LogP contribution in [0.2, 0.25) is 0 Å². The Morgan fingerprint density at radius 3 is 2.53 bits per heavy atom. The summed E-state index contributed by atoms with van der Waals surface area (Å²) in [4.78, 5) is 0. The summed E-state index contributed by atoms with van der Waals surface area (Å²) < 4.78 is 55.7. The number of halogens is 4. The Labute approximate surface area is 84.0 Å². The van der Waals surface area contributed by atoms with Crippen molar-refractivity contribution in [2.45, 2.75) is 6.36 Å². The normalized spacial score (nSPS) is 12.5. The van der Waals surface area contributed by atoms with Gasteiger partial charge in [0, 0.05) is 0 Å². The van der Waals surface area contributed by atoms with Crippen molar-refractivity contribution >= 4 is 0 Å². The van der Waals surface area contributed by atoms with Crippen LogP contribution in [0.15, 0.2) is 24.8 Å². The van der Waals surface area contributed by atoms with Gasteiger partial charge in [0.1, 0.15) is 0 Å². The molecule has 0 aliphatic rings. The SMILES string of the molecule is C=CCOC(F)c1ccc(F)c(F)c1F. The van der Waals surface area contributed by atoms with Crippen molar-refractivity contribution in [2.75, 3.05) is 6.61 Å². The second-order valence-electron chi connectivity index (χ2n) is 2.70. The zero-order chi connectivity index (χ0) is 11.4. The Morgan fingerprint density at radius 1 is 1.27 bits per heavy atom. The standard InChI is InChI=1S/C10H8F4O/c1-2-5-15-10(14)6-3-4-7(11)9(13)8(6)12/h2-4,10H,1,5H2. The van der Waals surface area contributed by atoms with Crippen LogP contribution in [0.25, 0.3) is 0 Å². The predicted molar refractivity (Wildman–Crippen MR) is 46.3 cm³/mol. The molecular formula is C10H8F4O. The van der Waals surface area contributed by atoms with Gasteiger partial charge in [-0.05, 0) is 12.1 Å². The minimum absolute atomic E-state index is 0.153. The third-order valence-electron chi connectivity index (χ3n) is 1.67. The first-order valence-corrected chi connectivity index (χ1v) is 4.08. The number of ether oxygens (including phenoxy) is 1. The molecule has 0 aliphatic carbocycles. The molecule has 15 heavy (non-hydrogen) atoms. The van der Waals surface area contributed by atoms with E-state index in [-0.39, 0.29) is 6.61 Å². The fraction of sp³-hybridized carbons (Fsp3) is 0.200. The van der Waals surface area contributed by atoms with Crippen molar-refractivity contribution in [2.24, 2.45) is 0 Å².